The van der Waals surface area contributed by atoms with Gasteiger partial charge in [0, 0.05) is 14.0 Å². The second-order valence-electron chi connectivity index (χ2n) is 5.35. The Balaban J connectivity index is 2.19. The van der Waals surface area contributed by atoms with Crippen LogP contribution < -0.4 is 0 Å². The molecule has 0 aliphatic carbocycles. The minimum absolute atomic E-state index is 0.168. The van der Waals surface area contributed by atoms with E-state index >= 15 is 0 Å². The molecule has 0 radical (unpaired) electrons. The van der Waals surface area contributed by atoms with Crippen LogP contribution in [-0.2, 0) is 11.3 Å². The monoisotopic (exact) mass is 306 g/mol. The van der Waals surface area contributed by atoms with Crippen LogP contribution >= 0.6 is 0 Å². The highest BCUT2D eigenvalue weighted by atomic mass is 19.1. The fourth-order valence-electron chi connectivity index (χ4n) is 2.24. The second-order valence-corrected chi connectivity index (χ2v) is 5.35. The lowest BCUT2D eigenvalue weighted by Gasteiger charge is -2.28. The summed E-state index contributed by atoms with van der Waals surface area (Å²) in [4.78, 5) is 20.0. The van der Waals surface area contributed by atoms with Gasteiger partial charge in [-0.05, 0) is 31.8 Å². The first-order chi connectivity index (χ1) is 10.4. The van der Waals surface area contributed by atoms with E-state index < -0.39 is 6.04 Å². The Kier molecular flexibility index (Phi) is 4.87. The van der Waals surface area contributed by atoms with E-state index in [1.165, 1.54) is 17.0 Å². The highest BCUT2D eigenvalue weighted by Crippen LogP contribution is 2.21. The van der Waals surface area contributed by atoms with Crippen LogP contribution in [-0.4, -0.2) is 47.0 Å². The number of likely N-dealkylation sites (N-methyl/N-ethyl adjacent to an activating group) is 2. The number of halogens is 1. The van der Waals surface area contributed by atoms with Crippen molar-refractivity contribution in [3.63, 3.8) is 0 Å². The van der Waals surface area contributed by atoms with Crippen molar-refractivity contribution < 1.29 is 13.7 Å². The van der Waals surface area contributed by atoms with Crippen molar-refractivity contribution in [2.24, 2.45) is 0 Å². The van der Waals surface area contributed by atoms with Crippen LogP contribution in [0.2, 0.25) is 0 Å². The molecule has 0 aliphatic rings. The highest BCUT2D eigenvalue weighted by Gasteiger charge is 2.27. The van der Waals surface area contributed by atoms with Gasteiger partial charge in [-0.25, -0.2) is 4.39 Å². The topological polar surface area (TPSA) is 62.5 Å². The van der Waals surface area contributed by atoms with E-state index in [0.717, 1.165) is 0 Å². The molecule has 1 aromatic heterocycles. The highest BCUT2D eigenvalue weighted by molar-refractivity contribution is 5.83. The largest absolute Gasteiger partial charge is 0.340 e. The Morgan fingerprint density at radius 1 is 1.36 bits per heavy atom. The number of carbonyl (C=O) groups is 1. The minimum Gasteiger partial charge on any atom is -0.340 e. The summed E-state index contributed by atoms with van der Waals surface area (Å²) < 4.78 is 18.3. The molecular weight excluding hydrogens is 287 g/mol. The molecule has 0 unspecified atom stereocenters. The molecule has 0 saturated carbocycles. The Labute approximate surface area is 128 Å². The summed E-state index contributed by atoms with van der Waals surface area (Å²) in [5.41, 5.74) is 0.603. The number of benzene rings is 1. The van der Waals surface area contributed by atoms with E-state index in [0.29, 0.717) is 17.3 Å². The molecule has 0 bridgehead atoms. The van der Waals surface area contributed by atoms with E-state index in [2.05, 4.69) is 10.1 Å². The lowest BCUT2D eigenvalue weighted by Crippen LogP contribution is -2.38. The standard InChI is InChI=1S/C15H19FN4O2/c1-10-17-13(18-22-10)9-20(4)15(21)14(19(2)3)11-6-5-7-12(16)8-11/h5-8,14H,9H2,1-4H3/t14-/m0/s1. The summed E-state index contributed by atoms with van der Waals surface area (Å²) in [5.74, 6) is 0.349. The van der Waals surface area contributed by atoms with Crippen molar-refractivity contribution in [1.82, 2.24) is 19.9 Å². The Morgan fingerprint density at radius 2 is 2.09 bits per heavy atom. The van der Waals surface area contributed by atoms with E-state index in [1.807, 2.05) is 0 Å². The first kappa shape index (κ1) is 16.1. The maximum absolute atomic E-state index is 13.4. The second kappa shape index (κ2) is 6.65. The third kappa shape index (κ3) is 3.67. The van der Waals surface area contributed by atoms with Crippen molar-refractivity contribution in [3.05, 3.63) is 47.4 Å². The summed E-state index contributed by atoms with van der Waals surface area (Å²) in [6, 6.07) is 5.48. The Bertz CT molecular complexity index is 656. The van der Waals surface area contributed by atoms with Crippen molar-refractivity contribution in [2.75, 3.05) is 21.1 Å². The molecule has 22 heavy (non-hydrogen) atoms. The number of amides is 1. The number of aryl methyl sites for hydroxylation is 1. The summed E-state index contributed by atoms with van der Waals surface area (Å²) in [7, 11) is 5.21. The average Bonchev–Trinajstić information content (AvgIpc) is 2.83. The molecule has 2 aromatic rings. The zero-order valence-corrected chi connectivity index (χ0v) is 13.1. The number of carbonyl (C=O) groups excluding carboxylic acids is 1. The van der Waals surface area contributed by atoms with Crippen LogP contribution in [0.4, 0.5) is 4.39 Å². The van der Waals surface area contributed by atoms with Gasteiger partial charge >= 0.3 is 0 Å². The van der Waals surface area contributed by atoms with Gasteiger partial charge in [0.1, 0.15) is 11.9 Å². The van der Waals surface area contributed by atoms with Crippen LogP contribution in [0.3, 0.4) is 0 Å². The molecule has 1 amide bonds. The fourth-order valence-corrected chi connectivity index (χ4v) is 2.24. The van der Waals surface area contributed by atoms with Crippen LogP contribution in [0.15, 0.2) is 28.8 Å². The lowest BCUT2D eigenvalue weighted by molar-refractivity contribution is -0.135. The summed E-state index contributed by atoms with van der Waals surface area (Å²) >= 11 is 0. The van der Waals surface area contributed by atoms with Crippen LogP contribution in [0.1, 0.15) is 23.3 Å². The summed E-state index contributed by atoms with van der Waals surface area (Å²) in [6.07, 6.45) is 0. The molecule has 7 heteroatoms. The quantitative estimate of drug-likeness (QED) is 0.842. The van der Waals surface area contributed by atoms with Gasteiger partial charge in [-0.2, -0.15) is 4.98 Å². The maximum Gasteiger partial charge on any atom is 0.244 e. The van der Waals surface area contributed by atoms with Crippen LogP contribution in [0.25, 0.3) is 0 Å². The summed E-state index contributed by atoms with van der Waals surface area (Å²) in [6.45, 7) is 1.92. The van der Waals surface area contributed by atoms with E-state index in [9.17, 15) is 9.18 Å². The predicted octanol–water partition coefficient (Wildman–Crippen LogP) is 1.78. The van der Waals surface area contributed by atoms with Gasteiger partial charge in [0.15, 0.2) is 5.82 Å². The number of hydrogen-bond acceptors (Lipinski definition) is 5. The molecule has 0 spiro atoms. The van der Waals surface area contributed by atoms with E-state index in [-0.39, 0.29) is 18.3 Å². The zero-order chi connectivity index (χ0) is 16.3. The van der Waals surface area contributed by atoms with E-state index in [1.54, 1.807) is 45.1 Å². The van der Waals surface area contributed by atoms with E-state index in [4.69, 9.17) is 4.52 Å². The van der Waals surface area contributed by atoms with Crippen molar-refractivity contribution in [2.45, 2.75) is 19.5 Å². The molecule has 6 nitrogen and oxygen atoms in total. The average molecular weight is 306 g/mol. The van der Waals surface area contributed by atoms with Gasteiger partial charge in [-0.1, -0.05) is 17.3 Å². The van der Waals surface area contributed by atoms with Gasteiger partial charge in [0.2, 0.25) is 11.8 Å². The van der Waals surface area contributed by atoms with Crippen molar-refractivity contribution >= 4 is 5.91 Å². The van der Waals surface area contributed by atoms with Crippen molar-refractivity contribution in [1.29, 1.82) is 0 Å². The third-order valence-corrected chi connectivity index (χ3v) is 3.24. The molecule has 1 atom stereocenters. The Morgan fingerprint density at radius 3 is 2.64 bits per heavy atom. The number of aromatic nitrogens is 2. The Hall–Kier alpha value is -2.28. The first-order valence-corrected chi connectivity index (χ1v) is 6.84. The number of rotatable bonds is 5. The van der Waals surface area contributed by atoms with Gasteiger partial charge < -0.3 is 9.42 Å². The number of hydrogen-bond donors (Lipinski definition) is 0. The lowest BCUT2D eigenvalue weighted by atomic mass is 10.0. The molecule has 1 aromatic carbocycles. The van der Waals surface area contributed by atoms with Gasteiger partial charge in [-0.15, -0.1) is 0 Å². The minimum atomic E-state index is -0.575. The first-order valence-electron chi connectivity index (χ1n) is 6.84. The molecular formula is C15H19FN4O2. The van der Waals surface area contributed by atoms with Crippen LogP contribution in [0.5, 0.6) is 0 Å². The van der Waals surface area contributed by atoms with Crippen molar-refractivity contribution in [3.8, 4) is 0 Å². The predicted molar refractivity (Wildman–Crippen MR) is 78.3 cm³/mol. The molecule has 0 aliphatic heterocycles. The summed E-state index contributed by atoms with van der Waals surface area (Å²) in [5, 5.41) is 3.78. The molecule has 0 fully saturated rings. The fraction of sp³-hybridized carbons (Fsp3) is 0.400. The van der Waals surface area contributed by atoms with Gasteiger partial charge in [0.05, 0.1) is 6.54 Å². The smallest absolute Gasteiger partial charge is 0.244 e. The van der Waals surface area contributed by atoms with Gasteiger partial charge in [0.25, 0.3) is 0 Å². The maximum atomic E-state index is 13.4. The number of nitrogens with zero attached hydrogens (tertiary/aromatic N) is 4. The molecule has 118 valence electrons. The molecule has 2 rings (SSSR count). The normalized spacial score (nSPS) is 12.5. The molecule has 0 N–H and O–H groups in total. The zero-order valence-electron chi connectivity index (χ0n) is 13.1. The van der Waals surface area contributed by atoms with Crippen LogP contribution in [0, 0.1) is 12.7 Å². The molecule has 0 saturated heterocycles. The van der Waals surface area contributed by atoms with Gasteiger partial charge in [-0.3, -0.25) is 9.69 Å². The third-order valence-electron chi connectivity index (χ3n) is 3.24. The SMILES string of the molecule is Cc1nc(CN(C)C(=O)[C@H](c2cccc(F)c2)N(C)C)no1. The molecule has 1 heterocycles.